The zero-order valence-electron chi connectivity index (χ0n) is 13.3. The van der Waals surface area contributed by atoms with Crippen LogP contribution in [0.1, 0.15) is 43.6 Å². The summed E-state index contributed by atoms with van der Waals surface area (Å²) < 4.78 is 5.70. The van der Waals surface area contributed by atoms with Crippen molar-refractivity contribution in [3.8, 4) is 5.75 Å². The third-order valence-electron chi connectivity index (χ3n) is 3.25. The van der Waals surface area contributed by atoms with Crippen molar-refractivity contribution in [3.05, 3.63) is 59.4 Å². The van der Waals surface area contributed by atoms with Crippen molar-refractivity contribution < 1.29 is 4.74 Å². The molecule has 3 heteroatoms. The maximum absolute atomic E-state index is 5.70. The Bertz CT molecular complexity index is 564. The van der Waals surface area contributed by atoms with Crippen LogP contribution in [0.15, 0.2) is 42.6 Å². The summed E-state index contributed by atoms with van der Waals surface area (Å²) in [5.41, 5.74) is 3.51. The number of rotatable bonds is 6. The Morgan fingerprint density at radius 1 is 1.10 bits per heavy atom. The van der Waals surface area contributed by atoms with E-state index in [0.29, 0.717) is 0 Å². The van der Waals surface area contributed by atoms with E-state index in [1.54, 1.807) is 0 Å². The summed E-state index contributed by atoms with van der Waals surface area (Å²) in [5, 5.41) is 3.53. The van der Waals surface area contributed by atoms with Crippen LogP contribution in [0.5, 0.6) is 5.75 Å². The maximum atomic E-state index is 5.70. The molecule has 1 atom stereocenters. The number of aromatic nitrogens is 1. The third-order valence-corrected chi connectivity index (χ3v) is 3.25. The van der Waals surface area contributed by atoms with Crippen molar-refractivity contribution in [2.45, 2.75) is 39.8 Å². The first-order valence-corrected chi connectivity index (χ1v) is 7.52. The largest absolute Gasteiger partial charge is 0.491 e. The van der Waals surface area contributed by atoms with Gasteiger partial charge in [0.2, 0.25) is 0 Å². The highest BCUT2D eigenvalue weighted by atomic mass is 16.5. The number of hydrogen-bond donors (Lipinski definition) is 1. The topological polar surface area (TPSA) is 34.1 Å². The van der Waals surface area contributed by atoms with Gasteiger partial charge >= 0.3 is 0 Å². The molecule has 2 rings (SSSR count). The molecule has 0 saturated heterocycles. The third kappa shape index (κ3) is 4.30. The van der Waals surface area contributed by atoms with E-state index >= 15 is 0 Å². The Balaban J connectivity index is 2.26. The van der Waals surface area contributed by atoms with Crippen molar-refractivity contribution in [1.29, 1.82) is 0 Å². The molecular formula is C18H24N2O. The van der Waals surface area contributed by atoms with Crippen LogP contribution in [0.3, 0.4) is 0 Å². The van der Waals surface area contributed by atoms with Gasteiger partial charge in [0.15, 0.2) is 0 Å². The minimum absolute atomic E-state index is 0.185. The van der Waals surface area contributed by atoms with Gasteiger partial charge in [0.25, 0.3) is 0 Å². The summed E-state index contributed by atoms with van der Waals surface area (Å²) in [5.74, 6) is 0.912. The van der Waals surface area contributed by atoms with Crippen LogP contribution in [0.4, 0.5) is 0 Å². The van der Waals surface area contributed by atoms with Gasteiger partial charge < -0.3 is 10.1 Å². The molecule has 1 unspecified atom stereocenters. The highest BCUT2D eigenvalue weighted by Gasteiger charge is 2.13. The predicted octanol–water partition coefficient (Wildman–Crippen LogP) is 3.88. The van der Waals surface area contributed by atoms with Crippen molar-refractivity contribution in [1.82, 2.24) is 10.3 Å². The molecule has 3 nitrogen and oxygen atoms in total. The van der Waals surface area contributed by atoms with E-state index in [1.807, 2.05) is 39.1 Å². The highest BCUT2D eigenvalue weighted by Crippen LogP contribution is 2.24. The predicted molar refractivity (Wildman–Crippen MR) is 86.7 cm³/mol. The maximum Gasteiger partial charge on any atom is 0.119 e. The van der Waals surface area contributed by atoms with Crippen molar-refractivity contribution in [2.75, 3.05) is 6.54 Å². The molecule has 112 valence electrons. The first kappa shape index (κ1) is 15.5. The Labute approximate surface area is 127 Å². The van der Waals surface area contributed by atoms with Gasteiger partial charge in [-0.3, -0.25) is 4.98 Å². The minimum atomic E-state index is 0.185. The zero-order valence-corrected chi connectivity index (χ0v) is 13.3. The monoisotopic (exact) mass is 284 g/mol. The quantitative estimate of drug-likeness (QED) is 0.874. The van der Waals surface area contributed by atoms with E-state index in [-0.39, 0.29) is 12.1 Å². The zero-order chi connectivity index (χ0) is 15.2. The van der Waals surface area contributed by atoms with Gasteiger partial charge in [-0.15, -0.1) is 0 Å². The number of pyridine rings is 1. The van der Waals surface area contributed by atoms with Crippen LogP contribution in [0.2, 0.25) is 0 Å². The van der Waals surface area contributed by atoms with E-state index in [9.17, 15) is 0 Å². The highest BCUT2D eigenvalue weighted by molar-refractivity contribution is 5.35. The second-order valence-electron chi connectivity index (χ2n) is 5.46. The molecule has 0 aliphatic carbocycles. The standard InChI is InChI=1S/C18H24N2O/c1-5-19-18(16-10-11-20-14(4)12-16)15-6-8-17(9-7-15)21-13(2)3/h6-13,18-19H,5H2,1-4H3. The van der Waals surface area contributed by atoms with Gasteiger partial charge in [0.1, 0.15) is 5.75 Å². The number of aryl methyl sites for hydroxylation is 1. The van der Waals surface area contributed by atoms with Gasteiger partial charge in [-0.1, -0.05) is 19.1 Å². The second-order valence-corrected chi connectivity index (χ2v) is 5.46. The van der Waals surface area contributed by atoms with Crippen LogP contribution in [0.25, 0.3) is 0 Å². The van der Waals surface area contributed by atoms with Gasteiger partial charge in [-0.25, -0.2) is 0 Å². The molecule has 1 aromatic heterocycles. The first-order valence-electron chi connectivity index (χ1n) is 7.52. The lowest BCUT2D eigenvalue weighted by atomic mass is 9.99. The van der Waals surface area contributed by atoms with Crippen LogP contribution < -0.4 is 10.1 Å². The minimum Gasteiger partial charge on any atom is -0.491 e. The van der Waals surface area contributed by atoms with E-state index < -0.39 is 0 Å². The molecule has 0 bridgehead atoms. The first-order chi connectivity index (χ1) is 10.1. The van der Waals surface area contributed by atoms with Gasteiger partial charge in [-0.05, 0) is 62.7 Å². The van der Waals surface area contributed by atoms with Crippen LogP contribution >= 0.6 is 0 Å². The lowest BCUT2D eigenvalue weighted by molar-refractivity contribution is 0.242. The molecule has 1 aromatic carbocycles. The smallest absolute Gasteiger partial charge is 0.119 e. The molecule has 0 saturated carbocycles. The average Bonchev–Trinajstić information content (AvgIpc) is 2.45. The molecule has 0 aliphatic rings. The summed E-state index contributed by atoms with van der Waals surface area (Å²) in [6, 6.07) is 12.7. The number of benzene rings is 1. The van der Waals surface area contributed by atoms with Crippen LogP contribution in [-0.4, -0.2) is 17.6 Å². The Kier molecular flexibility index (Phi) is 5.34. The normalized spacial score (nSPS) is 12.4. The number of ether oxygens (including phenoxy) is 1. The van der Waals surface area contributed by atoms with Crippen molar-refractivity contribution >= 4 is 0 Å². The van der Waals surface area contributed by atoms with Crippen LogP contribution in [-0.2, 0) is 0 Å². The summed E-state index contributed by atoms with van der Waals surface area (Å²) in [6.45, 7) is 9.13. The number of nitrogens with zero attached hydrogens (tertiary/aromatic N) is 1. The lowest BCUT2D eigenvalue weighted by Gasteiger charge is -2.20. The average molecular weight is 284 g/mol. The number of nitrogens with one attached hydrogen (secondary N) is 1. The Hall–Kier alpha value is -1.87. The fourth-order valence-corrected chi connectivity index (χ4v) is 2.39. The van der Waals surface area contributed by atoms with Gasteiger partial charge in [0.05, 0.1) is 12.1 Å². The van der Waals surface area contributed by atoms with Gasteiger partial charge in [-0.2, -0.15) is 0 Å². The molecule has 1 N–H and O–H groups in total. The molecule has 0 spiro atoms. The van der Waals surface area contributed by atoms with Crippen molar-refractivity contribution in [2.24, 2.45) is 0 Å². The Morgan fingerprint density at radius 3 is 2.38 bits per heavy atom. The van der Waals surface area contributed by atoms with E-state index in [0.717, 1.165) is 18.0 Å². The fraction of sp³-hybridized carbons (Fsp3) is 0.389. The second kappa shape index (κ2) is 7.23. The Morgan fingerprint density at radius 2 is 1.81 bits per heavy atom. The molecular weight excluding hydrogens is 260 g/mol. The SMILES string of the molecule is CCNC(c1ccc(OC(C)C)cc1)c1ccnc(C)c1. The lowest BCUT2D eigenvalue weighted by Crippen LogP contribution is -2.22. The molecule has 0 aliphatic heterocycles. The van der Waals surface area contributed by atoms with E-state index in [4.69, 9.17) is 4.74 Å². The van der Waals surface area contributed by atoms with E-state index in [1.165, 1.54) is 11.1 Å². The molecule has 2 aromatic rings. The molecule has 1 heterocycles. The summed E-state index contributed by atoms with van der Waals surface area (Å²) in [7, 11) is 0. The van der Waals surface area contributed by atoms with E-state index in [2.05, 4.69) is 41.5 Å². The molecule has 0 radical (unpaired) electrons. The summed E-state index contributed by atoms with van der Waals surface area (Å²) >= 11 is 0. The fourth-order valence-electron chi connectivity index (χ4n) is 2.39. The summed E-state index contributed by atoms with van der Waals surface area (Å²) in [6.07, 6.45) is 2.06. The van der Waals surface area contributed by atoms with Crippen molar-refractivity contribution in [3.63, 3.8) is 0 Å². The number of hydrogen-bond acceptors (Lipinski definition) is 3. The molecule has 0 fully saturated rings. The van der Waals surface area contributed by atoms with Gasteiger partial charge in [0, 0.05) is 11.9 Å². The van der Waals surface area contributed by atoms with Crippen LogP contribution in [0, 0.1) is 6.92 Å². The summed E-state index contributed by atoms with van der Waals surface area (Å²) in [4.78, 5) is 4.28. The molecule has 0 amide bonds. The molecule has 21 heavy (non-hydrogen) atoms.